The maximum atomic E-state index is 12.8. The van der Waals surface area contributed by atoms with Gasteiger partial charge in [0.25, 0.3) is 5.91 Å². The number of benzene rings is 2. The molecule has 144 valence electrons. The predicted molar refractivity (Wildman–Crippen MR) is 106 cm³/mol. The first-order valence-corrected chi connectivity index (χ1v) is 9.90. The summed E-state index contributed by atoms with van der Waals surface area (Å²) in [6, 6.07) is 13.3. The van der Waals surface area contributed by atoms with Crippen LogP contribution in [0.5, 0.6) is 11.5 Å². The summed E-state index contributed by atoms with van der Waals surface area (Å²) < 4.78 is 15.9. The molecule has 0 bridgehead atoms. The Labute approximate surface area is 167 Å². The number of thioether (sulfide) groups is 1. The Morgan fingerprint density at radius 2 is 1.96 bits per heavy atom. The molecule has 7 heteroatoms. The molecule has 2 heterocycles. The number of aromatic nitrogens is 1. The summed E-state index contributed by atoms with van der Waals surface area (Å²) in [5.74, 6) is 2.85. The molecule has 3 aromatic rings. The average Bonchev–Trinajstić information content (AvgIpc) is 3.30. The number of fused-ring (bicyclic) bond motifs is 1. The lowest BCUT2D eigenvalue weighted by Crippen LogP contribution is -2.23. The molecule has 0 fully saturated rings. The van der Waals surface area contributed by atoms with Gasteiger partial charge in [-0.05, 0) is 43.7 Å². The molecule has 1 aliphatic heterocycles. The van der Waals surface area contributed by atoms with E-state index in [2.05, 4.69) is 10.5 Å². The number of nitrogens with one attached hydrogen (secondary N) is 1. The highest BCUT2D eigenvalue weighted by Gasteiger charge is 2.16. The Morgan fingerprint density at radius 1 is 1.14 bits per heavy atom. The van der Waals surface area contributed by atoms with E-state index < -0.39 is 0 Å². The van der Waals surface area contributed by atoms with Crippen LogP contribution in [0.2, 0.25) is 0 Å². The molecule has 1 amide bonds. The summed E-state index contributed by atoms with van der Waals surface area (Å²) in [6.07, 6.45) is 0. The largest absolute Gasteiger partial charge is 0.454 e. The summed E-state index contributed by atoms with van der Waals surface area (Å²) in [6.45, 7) is 4.48. The number of hydrogen-bond donors (Lipinski definition) is 1. The number of amides is 1. The van der Waals surface area contributed by atoms with Gasteiger partial charge in [-0.2, -0.15) is 0 Å². The Morgan fingerprint density at radius 3 is 2.79 bits per heavy atom. The molecule has 1 aromatic heterocycles. The zero-order chi connectivity index (χ0) is 19.5. The fraction of sp³-hybridized carbons (Fsp3) is 0.238. The highest BCUT2D eigenvalue weighted by Crippen LogP contribution is 2.32. The third kappa shape index (κ3) is 3.84. The van der Waals surface area contributed by atoms with Crippen LogP contribution < -0.4 is 14.8 Å². The second-order valence-corrected chi connectivity index (χ2v) is 7.48. The van der Waals surface area contributed by atoms with Crippen LogP contribution in [-0.4, -0.2) is 17.9 Å². The van der Waals surface area contributed by atoms with Crippen molar-refractivity contribution in [3.63, 3.8) is 0 Å². The second-order valence-electron chi connectivity index (χ2n) is 6.46. The van der Waals surface area contributed by atoms with Crippen molar-refractivity contribution in [2.75, 3.05) is 6.79 Å². The van der Waals surface area contributed by atoms with Gasteiger partial charge in [-0.3, -0.25) is 4.79 Å². The SMILES string of the molecule is Cc1noc(C)c1CSc1ccccc1C(=O)NCc1ccc2c(c1)OCO2. The van der Waals surface area contributed by atoms with Gasteiger partial charge in [0, 0.05) is 22.8 Å². The third-order valence-corrected chi connectivity index (χ3v) is 5.67. The van der Waals surface area contributed by atoms with Crippen molar-refractivity contribution in [3.8, 4) is 11.5 Å². The topological polar surface area (TPSA) is 73.6 Å². The van der Waals surface area contributed by atoms with Crippen LogP contribution in [0.25, 0.3) is 0 Å². The summed E-state index contributed by atoms with van der Waals surface area (Å²) in [4.78, 5) is 13.7. The van der Waals surface area contributed by atoms with Crippen molar-refractivity contribution >= 4 is 17.7 Å². The van der Waals surface area contributed by atoms with E-state index >= 15 is 0 Å². The van der Waals surface area contributed by atoms with Gasteiger partial charge in [-0.25, -0.2) is 0 Å². The van der Waals surface area contributed by atoms with E-state index in [0.29, 0.717) is 23.6 Å². The van der Waals surface area contributed by atoms with Gasteiger partial charge in [0.2, 0.25) is 6.79 Å². The maximum absolute atomic E-state index is 12.8. The van der Waals surface area contributed by atoms with Gasteiger partial charge in [0.05, 0.1) is 11.3 Å². The molecule has 0 spiro atoms. The lowest BCUT2D eigenvalue weighted by Gasteiger charge is -2.10. The van der Waals surface area contributed by atoms with Crippen molar-refractivity contribution in [1.82, 2.24) is 10.5 Å². The van der Waals surface area contributed by atoms with Gasteiger partial charge in [0.1, 0.15) is 5.76 Å². The molecule has 6 nitrogen and oxygen atoms in total. The molecular formula is C21H20N2O4S. The molecule has 0 radical (unpaired) electrons. The van der Waals surface area contributed by atoms with Gasteiger partial charge >= 0.3 is 0 Å². The van der Waals surface area contributed by atoms with Crippen LogP contribution in [0.4, 0.5) is 0 Å². The van der Waals surface area contributed by atoms with E-state index in [9.17, 15) is 4.79 Å². The first-order chi connectivity index (χ1) is 13.6. The molecular weight excluding hydrogens is 376 g/mol. The predicted octanol–water partition coefficient (Wildman–Crippen LogP) is 4.24. The van der Waals surface area contributed by atoms with Gasteiger partial charge in [-0.15, -0.1) is 11.8 Å². The van der Waals surface area contributed by atoms with Gasteiger partial charge < -0.3 is 19.3 Å². The van der Waals surface area contributed by atoms with Gasteiger partial charge in [-0.1, -0.05) is 23.4 Å². The lowest BCUT2D eigenvalue weighted by atomic mass is 10.1. The van der Waals surface area contributed by atoms with Crippen LogP contribution in [0.3, 0.4) is 0 Å². The number of carbonyl (C=O) groups excluding carboxylic acids is 1. The van der Waals surface area contributed by atoms with Crippen LogP contribution in [0.1, 0.15) is 32.9 Å². The number of aryl methyl sites for hydroxylation is 2. The summed E-state index contributed by atoms with van der Waals surface area (Å²) in [7, 11) is 0. The Kier molecular flexibility index (Phi) is 5.25. The maximum Gasteiger partial charge on any atom is 0.252 e. The molecule has 0 saturated carbocycles. The number of nitrogens with zero attached hydrogens (tertiary/aromatic N) is 1. The van der Waals surface area contributed by atoms with Crippen molar-refractivity contribution in [1.29, 1.82) is 0 Å². The Bertz CT molecular complexity index is 996. The Hall–Kier alpha value is -2.93. The minimum Gasteiger partial charge on any atom is -0.454 e. The van der Waals surface area contributed by atoms with Crippen LogP contribution >= 0.6 is 11.8 Å². The molecule has 0 saturated heterocycles. The van der Waals surface area contributed by atoms with E-state index in [0.717, 1.165) is 33.2 Å². The van der Waals surface area contributed by atoms with E-state index in [1.54, 1.807) is 11.8 Å². The van der Waals surface area contributed by atoms with Crippen molar-refractivity contribution in [3.05, 3.63) is 70.6 Å². The highest BCUT2D eigenvalue weighted by molar-refractivity contribution is 7.98. The van der Waals surface area contributed by atoms with Crippen LogP contribution in [0.15, 0.2) is 51.9 Å². The summed E-state index contributed by atoms with van der Waals surface area (Å²) in [5.41, 5.74) is 3.56. The third-order valence-electron chi connectivity index (χ3n) is 4.57. The van der Waals surface area contributed by atoms with E-state index in [4.69, 9.17) is 14.0 Å². The molecule has 4 rings (SSSR count). The first-order valence-electron chi connectivity index (χ1n) is 8.92. The molecule has 1 N–H and O–H groups in total. The number of ether oxygens (including phenoxy) is 2. The van der Waals surface area contributed by atoms with Crippen molar-refractivity contribution in [2.45, 2.75) is 31.0 Å². The van der Waals surface area contributed by atoms with E-state index in [1.165, 1.54) is 0 Å². The molecule has 0 atom stereocenters. The summed E-state index contributed by atoms with van der Waals surface area (Å²) in [5, 5.41) is 6.97. The highest BCUT2D eigenvalue weighted by atomic mass is 32.2. The number of rotatable bonds is 6. The van der Waals surface area contributed by atoms with Crippen LogP contribution in [-0.2, 0) is 12.3 Å². The fourth-order valence-corrected chi connectivity index (χ4v) is 4.17. The summed E-state index contributed by atoms with van der Waals surface area (Å²) >= 11 is 1.60. The number of hydrogen-bond acceptors (Lipinski definition) is 6. The zero-order valence-corrected chi connectivity index (χ0v) is 16.5. The molecule has 0 unspecified atom stereocenters. The van der Waals surface area contributed by atoms with E-state index in [1.807, 2.05) is 56.3 Å². The lowest BCUT2D eigenvalue weighted by molar-refractivity contribution is 0.0948. The molecule has 2 aromatic carbocycles. The minimum absolute atomic E-state index is 0.112. The molecule has 0 aliphatic carbocycles. The normalized spacial score (nSPS) is 12.2. The van der Waals surface area contributed by atoms with Gasteiger partial charge in [0.15, 0.2) is 11.5 Å². The zero-order valence-electron chi connectivity index (χ0n) is 15.7. The first kappa shape index (κ1) is 18.4. The van der Waals surface area contributed by atoms with Crippen LogP contribution in [0, 0.1) is 13.8 Å². The van der Waals surface area contributed by atoms with E-state index in [-0.39, 0.29) is 12.7 Å². The molecule has 28 heavy (non-hydrogen) atoms. The smallest absolute Gasteiger partial charge is 0.252 e. The minimum atomic E-state index is -0.112. The standard InChI is InChI=1S/C21H20N2O4S/c1-13-17(14(2)27-23-13)11-28-20-6-4-3-5-16(20)21(24)22-10-15-7-8-18-19(9-15)26-12-25-18/h3-9H,10-12H2,1-2H3,(H,22,24). The quantitative estimate of drug-likeness (QED) is 0.628. The van der Waals surface area contributed by atoms with Crippen molar-refractivity contribution in [2.24, 2.45) is 0 Å². The number of carbonyl (C=O) groups is 1. The monoisotopic (exact) mass is 396 g/mol. The molecule has 1 aliphatic rings. The average molecular weight is 396 g/mol. The Balaban J connectivity index is 1.43. The van der Waals surface area contributed by atoms with Crippen molar-refractivity contribution < 1.29 is 18.8 Å². The second kappa shape index (κ2) is 7.98. The fourth-order valence-electron chi connectivity index (χ4n) is 2.97.